The molecule has 1 aliphatic carbocycles. The van der Waals surface area contributed by atoms with Gasteiger partial charge in [-0.25, -0.2) is 4.98 Å². The summed E-state index contributed by atoms with van der Waals surface area (Å²) >= 11 is 6.35. The van der Waals surface area contributed by atoms with Crippen molar-refractivity contribution in [2.45, 2.75) is 31.5 Å². The van der Waals surface area contributed by atoms with Crippen molar-refractivity contribution in [2.24, 2.45) is 18.7 Å². The number of likely N-dealkylation sites (tertiary alicyclic amines) is 1. The Bertz CT molecular complexity index is 1360. The lowest BCUT2D eigenvalue weighted by molar-refractivity contribution is -0.141. The lowest BCUT2D eigenvalue weighted by Gasteiger charge is -2.17. The van der Waals surface area contributed by atoms with Gasteiger partial charge in [0.2, 0.25) is 0 Å². The maximum atomic E-state index is 13.6. The highest BCUT2D eigenvalue weighted by atomic mass is 35.5. The van der Waals surface area contributed by atoms with Crippen molar-refractivity contribution in [3.05, 3.63) is 52.7 Å². The summed E-state index contributed by atoms with van der Waals surface area (Å²) in [5.74, 6) is -0.681. The Morgan fingerprint density at radius 2 is 2.00 bits per heavy atom. The number of hydrogen-bond donors (Lipinski definition) is 2. The standard InChI is InChI=1S/C24H25ClF3N7O2/c1-33-19(17-12-35(15-3-4-15)32-20(17)24(26,27)28)10-30-21(33)22(36)31-14-2-5-16(18(25)8-14)23(37)34-7-6-13(9-29)11-34/h2,5,8,10,12-13,15H,3-4,6-7,9,11,29H2,1H3,(H,31,36). The number of alkyl halides is 3. The molecule has 1 saturated carbocycles. The first-order valence-corrected chi connectivity index (χ1v) is 12.2. The third kappa shape index (κ3) is 4.95. The molecular weight excluding hydrogens is 511 g/mol. The van der Waals surface area contributed by atoms with E-state index in [9.17, 15) is 22.8 Å². The zero-order chi connectivity index (χ0) is 26.5. The van der Waals surface area contributed by atoms with Crippen LogP contribution in [0.1, 0.15) is 52.0 Å². The molecule has 3 aromatic rings. The van der Waals surface area contributed by atoms with Gasteiger partial charge in [0.15, 0.2) is 11.5 Å². The van der Waals surface area contributed by atoms with Crippen molar-refractivity contribution in [1.29, 1.82) is 0 Å². The summed E-state index contributed by atoms with van der Waals surface area (Å²) in [5.41, 5.74) is 5.28. The highest BCUT2D eigenvalue weighted by molar-refractivity contribution is 6.34. The maximum absolute atomic E-state index is 13.6. The molecule has 37 heavy (non-hydrogen) atoms. The molecule has 0 radical (unpaired) electrons. The molecule has 0 bridgehead atoms. The number of aromatic nitrogens is 4. The van der Waals surface area contributed by atoms with Gasteiger partial charge in [0, 0.05) is 32.0 Å². The van der Waals surface area contributed by atoms with Crippen molar-refractivity contribution < 1.29 is 22.8 Å². The molecule has 2 fully saturated rings. The summed E-state index contributed by atoms with van der Waals surface area (Å²) in [5, 5.41) is 6.56. The summed E-state index contributed by atoms with van der Waals surface area (Å²) in [4.78, 5) is 31.5. The number of carbonyl (C=O) groups is 2. The zero-order valence-electron chi connectivity index (χ0n) is 19.9. The topological polar surface area (TPSA) is 111 Å². The molecule has 2 aromatic heterocycles. The number of halogens is 4. The number of amides is 2. The van der Waals surface area contributed by atoms with Crippen LogP contribution in [0.3, 0.4) is 0 Å². The van der Waals surface area contributed by atoms with E-state index >= 15 is 0 Å². The molecule has 3 heterocycles. The van der Waals surface area contributed by atoms with Crippen molar-refractivity contribution >= 4 is 29.1 Å². The SMILES string of the molecule is Cn1c(-c2cn(C3CC3)nc2C(F)(F)F)cnc1C(=O)Nc1ccc(C(=O)N2CCC(CN)C2)c(Cl)c1. The van der Waals surface area contributed by atoms with E-state index in [4.69, 9.17) is 17.3 Å². The molecule has 0 spiro atoms. The van der Waals surface area contributed by atoms with Crippen molar-refractivity contribution in [1.82, 2.24) is 24.2 Å². The monoisotopic (exact) mass is 535 g/mol. The van der Waals surface area contributed by atoms with Crippen LogP contribution in [0.15, 0.2) is 30.6 Å². The Labute approximate surface area is 215 Å². The molecule has 1 saturated heterocycles. The Balaban J connectivity index is 1.34. The number of nitrogens with two attached hydrogens (primary N) is 1. The van der Waals surface area contributed by atoms with Gasteiger partial charge in [-0.2, -0.15) is 18.3 Å². The maximum Gasteiger partial charge on any atom is 0.435 e. The van der Waals surface area contributed by atoms with Crippen molar-refractivity contribution in [3.8, 4) is 11.3 Å². The Hall–Kier alpha value is -3.38. The van der Waals surface area contributed by atoms with Gasteiger partial charge in [-0.05, 0) is 49.9 Å². The Morgan fingerprint density at radius 3 is 2.62 bits per heavy atom. The van der Waals surface area contributed by atoms with E-state index in [0.717, 1.165) is 19.3 Å². The molecule has 9 nitrogen and oxygen atoms in total. The van der Waals surface area contributed by atoms with Gasteiger partial charge in [0.25, 0.3) is 11.8 Å². The van der Waals surface area contributed by atoms with E-state index in [1.165, 1.54) is 40.8 Å². The highest BCUT2D eigenvalue weighted by Gasteiger charge is 2.40. The lowest BCUT2D eigenvalue weighted by atomic mass is 10.1. The van der Waals surface area contributed by atoms with Crippen LogP contribution < -0.4 is 11.1 Å². The average molecular weight is 536 g/mol. The van der Waals surface area contributed by atoms with Gasteiger partial charge in [-0.15, -0.1) is 0 Å². The van der Waals surface area contributed by atoms with E-state index in [-0.39, 0.29) is 40.0 Å². The van der Waals surface area contributed by atoms with Gasteiger partial charge >= 0.3 is 6.18 Å². The Morgan fingerprint density at radius 1 is 1.24 bits per heavy atom. The predicted molar refractivity (Wildman–Crippen MR) is 130 cm³/mol. The van der Waals surface area contributed by atoms with Crippen LogP contribution in [-0.2, 0) is 13.2 Å². The normalized spacial score (nSPS) is 17.9. The minimum absolute atomic E-state index is 0.0435. The van der Waals surface area contributed by atoms with Crippen LogP contribution in [0.5, 0.6) is 0 Å². The van der Waals surface area contributed by atoms with Crippen LogP contribution in [0.4, 0.5) is 18.9 Å². The lowest BCUT2D eigenvalue weighted by Crippen LogP contribution is -2.30. The Kier molecular flexibility index (Phi) is 6.48. The number of nitrogens with one attached hydrogen (secondary N) is 1. The number of nitrogens with zero attached hydrogens (tertiary/aromatic N) is 5. The van der Waals surface area contributed by atoms with E-state index in [2.05, 4.69) is 15.4 Å². The van der Waals surface area contributed by atoms with Gasteiger partial charge in [-0.1, -0.05) is 11.6 Å². The fraction of sp³-hybridized carbons (Fsp3) is 0.417. The number of rotatable bonds is 6. The fourth-order valence-electron chi connectivity index (χ4n) is 4.52. The van der Waals surface area contributed by atoms with Gasteiger partial charge in [0.05, 0.1) is 34.1 Å². The zero-order valence-corrected chi connectivity index (χ0v) is 20.7. The minimum Gasteiger partial charge on any atom is -0.338 e. The number of anilines is 1. The number of benzene rings is 1. The molecular formula is C24H25ClF3N7O2. The molecule has 5 rings (SSSR count). The molecule has 196 valence electrons. The first-order chi connectivity index (χ1) is 17.6. The molecule has 1 unspecified atom stereocenters. The summed E-state index contributed by atoms with van der Waals surface area (Å²) < 4.78 is 43.6. The summed E-state index contributed by atoms with van der Waals surface area (Å²) in [6.07, 6.45) is 0.305. The second-order valence-corrected chi connectivity index (χ2v) is 9.82. The third-order valence-corrected chi connectivity index (χ3v) is 7.07. The first-order valence-electron chi connectivity index (χ1n) is 11.9. The highest BCUT2D eigenvalue weighted by Crippen LogP contribution is 2.41. The van der Waals surface area contributed by atoms with Gasteiger partial charge < -0.3 is 20.5 Å². The molecule has 1 aromatic carbocycles. The second kappa shape index (κ2) is 9.49. The molecule has 13 heteroatoms. The van der Waals surface area contributed by atoms with Gasteiger partial charge in [0.1, 0.15) is 0 Å². The van der Waals surface area contributed by atoms with E-state index in [1.54, 1.807) is 11.0 Å². The van der Waals surface area contributed by atoms with Crippen molar-refractivity contribution in [2.75, 3.05) is 25.0 Å². The number of carbonyl (C=O) groups excluding carboxylic acids is 2. The van der Waals surface area contributed by atoms with E-state index in [1.807, 2.05) is 0 Å². The molecule has 1 atom stereocenters. The molecule has 3 N–H and O–H groups in total. The smallest absolute Gasteiger partial charge is 0.338 e. The largest absolute Gasteiger partial charge is 0.435 e. The van der Waals surface area contributed by atoms with Crippen molar-refractivity contribution in [3.63, 3.8) is 0 Å². The number of imidazole rings is 1. The van der Waals surface area contributed by atoms with E-state index < -0.39 is 17.8 Å². The second-order valence-electron chi connectivity index (χ2n) is 9.42. The van der Waals surface area contributed by atoms with Crippen LogP contribution in [0, 0.1) is 5.92 Å². The molecule has 1 aliphatic heterocycles. The number of hydrogen-bond acceptors (Lipinski definition) is 5. The quantitative estimate of drug-likeness (QED) is 0.496. The van der Waals surface area contributed by atoms with Crippen LogP contribution >= 0.6 is 11.6 Å². The molecule has 2 amide bonds. The van der Waals surface area contributed by atoms with Crippen LogP contribution in [-0.4, -0.2) is 55.7 Å². The fourth-order valence-corrected chi connectivity index (χ4v) is 4.78. The third-order valence-electron chi connectivity index (χ3n) is 6.75. The predicted octanol–water partition coefficient (Wildman–Crippen LogP) is 3.96. The van der Waals surface area contributed by atoms with Gasteiger partial charge in [-0.3, -0.25) is 14.3 Å². The summed E-state index contributed by atoms with van der Waals surface area (Å²) in [7, 11) is 1.46. The van der Waals surface area contributed by atoms with E-state index in [0.29, 0.717) is 30.9 Å². The summed E-state index contributed by atoms with van der Waals surface area (Å²) in [6, 6.07) is 4.48. The first kappa shape index (κ1) is 25.3. The average Bonchev–Trinajstić information content (AvgIpc) is 3.25. The summed E-state index contributed by atoms with van der Waals surface area (Å²) in [6.45, 7) is 1.69. The molecule has 2 aliphatic rings. The van der Waals surface area contributed by atoms with Crippen LogP contribution in [0.2, 0.25) is 5.02 Å². The van der Waals surface area contributed by atoms with Crippen LogP contribution in [0.25, 0.3) is 11.3 Å². The minimum atomic E-state index is -4.65.